The number of hydrogen-bond acceptors (Lipinski definition) is 2. The molecule has 0 aliphatic carbocycles. The lowest BCUT2D eigenvalue weighted by molar-refractivity contribution is -0.138. The van der Waals surface area contributed by atoms with Crippen LogP contribution in [0.2, 0.25) is 5.02 Å². The first-order valence-electron chi connectivity index (χ1n) is 20.9. The summed E-state index contributed by atoms with van der Waals surface area (Å²) in [6.45, 7) is 25.6. The topological polar surface area (TPSA) is 31.2 Å². The van der Waals surface area contributed by atoms with Gasteiger partial charge < -0.3 is 9.80 Å². The van der Waals surface area contributed by atoms with Gasteiger partial charge in [-0.2, -0.15) is 26.3 Å². The monoisotopic (exact) mass is 852 g/mol. The number of aliphatic imine (C=N–C) groups is 2. The maximum atomic E-state index is 14.7. The highest BCUT2D eigenvalue weighted by Crippen LogP contribution is 2.42. The van der Waals surface area contributed by atoms with Crippen LogP contribution in [-0.2, 0) is 12.4 Å². The minimum atomic E-state index is -4.78. The Morgan fingerprint density at radius 3 is 1.60 bits per heavy atom. The van der Waals surface area contributed by atoms with Gasteiger partial charge in [-0.25, -0.2) is 9.98 Å². The van der Waals surface area contributed by atoms with Crippen LogP contribution in [0.1, 0.15) is 166 Å². The molecule has 60 heavy (non-hydrogen) atoms. The van der Waals surface area contributed by atoms with E-state index < -0.39 is 23.5 Å². The van der Waals surface area contributed by atoms with Crippen LogP contribution >= 0.6 is 11.6 Å². The van der Waals surface area contributed by atoms with E-state index in [1.54, 1.807) is 17.9 Å². The highest BCUT2D eigenvalue weighted by Gasteiger charge is 2.37. The first kappa shape index (κ1) is 46.8. The Morgan fingerprint density at radius 1 is 0.600 bits per heavy atom. The summed E-state index contributed by atoms with van der Waals surface area (Å²) in [5.41, 5.74) is 5.73. The van der Waals surface area contributed by atoms with Crippen molar-refractivity contribution in [3.63, 3.8) is 0 Å². The fourth-order valence-electron chi connectivity index (χ4n) is 8.02. The number of alkyl halides is 6. The van der Waals surface area contributed by atoms with Gasteiger partial charge in [0.25, 0.3) is 0 Å². The van der Waals surface area contributed by atoms with E-state index in [2.05, 4.69) is 104 Å². The SMILES string of the molecule is Cc1cc(C)c(N=C(c2cc(Cl)cc(C(F)(F)F)c2)N2CCCN(C(=Nc3c(C(C)C)cccc3C(C)C)c3c(C(C)C)cc(C(C)C)cc3C(C)C)C2)c(C(F)(F)F)c1. The van der Waals surface area contributed by atoms with E-state index in [1.165, 1.54) is 18.6 Å². The highest BCUT2D eigenvalue weighted by atomic mass is 35.5. The van der Waals surface area contributed by atoms with Crippen LogP contribution in [-0.4, -0.2) is 41.2 Å². The van der Waals surface area contributed by atoms with Gasteiger partial charge in [0.15, 0.2) is 0 Å². The molecule has 5 rings (SSSR count). The second kappa shape index (κ2) is 18.3. The molecule has 11 heteroatoms. The Balaban J connectivity index is 1.87. The summed E-state index contributed by atoms with van der Waals surface area (Å²) in [5, 5.41) is -0.208. The second-order valence-corrected chi connectivity index (χ2v) is 18.2. The van der Waals surface area contributed by atoms with Gasteiger partial charge in [0.05, 0.1) is 29.2 Å². The summed E-state index contributed by atoms with van der Waals surface area (Å²) in [6, 6.07) is 16.5. The molecule has 0 bridgehead atoms. The molecule has 1 fully saturated rings. The smallest absolute Gasteiger partial charge is 0.338 e. The quantitative estimate of drug-likeness (QED) is 0.0954. The molecule has 1 aliphatic heterocycles. The fraction of sp³-hybridized carbons (Fsp3) is 0.469. The molecule has 0 spiro atoms. The van der Waals surface area contributed by atoms with Gasteiger partial charge in [-0.3, -0.25) is 0 Å². The molecule has 1 heterocycles. The van der Waals surface area contributed by atoms with E-state index in [-0.39, 0.29) is 63.9 Å². The van der Waals surface area contributed by atoms with Crippen LogP contribution < -0.4 is 0 Å². The molecule has 0 amide bonds. The van der Waals surface area contributed by atoms with Gasteiger partial charge >= 0.3 is 12.4 Å². The Kier molecular flexibility index (Phi) is 14.3. The Labute approximate surface area is 357 Å². The minimum Gasteiger partial charge on any atom is -0.338 e. The number of rotatable bonds is 9. The molecule has 0 saturated carbocycles. The number of nitrogens with zero attached hydrogens (tertiary/aromatic N) is 4. The Hall–Kier alpha value is -4.31. The molecule has 0 radical (unpaired) electrons. The molecular weight excluding hydrogens is 794 g/mol. The van der Waals surface area contributed by atoms with Gasteiger partial charge in [0.1, 0.15) is 11.7 Å². The Bertz CT molecular complexity index is 2190. The predicted molar refractivity (Wildman–Crippen MR) is 236 cm³/mol. The first-order valence-corrected chi connectivity index (χ1v) is 21.3. The molecule has 4 aromatic rings. The molecule has 0 aromatic heterocycles. The zero-order valence-electron chi connectivity index (χ0n) is 36.9. The number of halogens is 7. The van der Waals surface area contributed by atoms with Crippen LogP contribution in [0.3, 0.4) is 0 Å². The standard InChI is InChI=1S/C49H59ClF6N4/c1-27(2)34-23-40(30(7)8)43(41(24-34)31(9)10)47(58-45-38(28(3)4)15-13-16-39(45)29(5)6)60-18-14-17-59(26-60)46(35-21-36(48(51,52)53)25-37(50)22-35)57-44-33(12)19-32(11)20-42(44)49(54,55)56/h13,15-16,19-25,27-31H,14,17-18,26H2,1-12H3. The molecule has 324 valence electrons. The van der Waals surface area contributed by atoms with Crippen molar-refractivity contribution in [1.29, 1.82) is 0 Å². The van der Waals surface area contributed by atoms with Crippen molar-refractivity contribution in [2.45, 2.75) is 131 Å². The molecule has 4 aromatic carbocycles. The highest BCUT2D eigenvalue weighted by molar-refractivity contribution is 6.31. The Morgan fingerprint density at radius 2 is 1.12 bits per heavy atom. The molecule has 4 nitrogen and oxygen atoms in total. The van der Waals surface area contributed by atoms with E-state index in [0.29, 0.717) is 30.9 Å². The molecule has 1 saturated heterocycles. The lowest BCUT2D eigenvalue weighted by Crippen LogP contribution is -2.50. The molecule has 0 atom stereocenters. The van der Waals surface area contributed by atoms with E-state index in [4.69, 9.17) is 21.6 Å². The lowest BCUT2D eigenvalue weighted by atomic mass is 9.83. The van der Waals surface area contributed by atoms with Crippen LogP contribution in [0.5, 0.6) is 0 Å². The van der Waals surface area contributed by atoms with Crippen molar-refractivity contribution < 1.29 is 26.3 Å². The molecule has 0 unspecified atom stereocenters. The van der Waals surface area contributed by atoms with E-state index in [0.717, 1.165) is 51.7 Å². The predicted octanol–water partition coefficient (Wildman–Crippen LogP) is 15.4. The van der Waals surface area contributed by atoms with E-state index in [1.807, 2.05) is 0 Å². The molecule has 0 N–H and O–H groups in total. The number of benzene rings is 4. The first-order chi connectivity index (χ1) is 27.9. The summed E-state index contributed by atoms with van der Waals surface area (Å²) in [4.78, 5) is 14.3. The summed E-state index contributed by atoms with van der Waals surface area (Å²) < 4.78 is 87.3. The average molecular weight is 853 g/mol. The van der Waals surface area contributed by atoms with Crippen molar-refractivity contribution >= 4 is 34.6 Å². The summed E-state index contributed by atoms with van der Waals surface area (Å²) in [5.74, 6) is 1.41. The summed E-state index contributed by atoms with van der Waals surface area (Å²) >= 11 is 6.37. The maximum Gasteiger partial charge on any atom is 0.418 e. The maximum absolute atomic E-state index is 14.7. The van der Waals surface area contributed by atoms with Crippen molar-refractivity contribution in [2.24, 2.45) is 9.98 Å². The van der Waals surface area contributed by atoms with E-state index in [9.17, 15) is 26.3 Å². The minimum absolute atomic E-state index is 0.0393. The van der Waals surface area contributed by atoms with Gasteiger partial charge in [0, 0.05) is 29.2 Å². The molecule has 1 aliphatic rings. The van der Waals surface area contributed by atoms with Crippen molar-refractivity contribution in [2.75, 3.05) is 19.8 Å². The normalized spacial score (nSPS) is 14.9. The number of para-hydroxylation sites is 1. The summed E-state index contributed by atoms with van der Waals surface area (Å²) in [7, 11) is 0. The lowest BCUT2D eigenvalue weighted by Gasteiger charge is -2.40. The van der Waals surface area contributed by atoms with Gasteiger partial charge in [-0.05, 0) is 108 Å². The largest absolute Gasteiger partial charge is 0.418 e. The van der Waals surface area contributed by atoms with Crippen LogP contribution in [0.15, 0.2) is 70.6 Å². The third-order valence-electron chi connectivity index (χ3n) is 11.2. The zero-order valence-corrected chi connectivity index (χ0v) is 37.7. The summed E-state index contributed by atoms with van der Waals surface area (Å²) in [6.07, 6.45) is -9.03. The second-order valence-electron chi connectivity index (χ2n) is 17.7. The van der Waals surface area contributed by atoms with Gasteiger partial charge in [0.2, 0.25) is 0 Å². The van der Waals surface area contributed by atoms with Crippen molar-refractivity contribution in [3.8, 4) is 0 Å². The fourth-order valence-corrected chi connectivity index (χ4v) is 8.26. The van der Waals surface area contributed by atoms with Crippen LogP contribution in [0.25, 0.3) is 0 Å². The van der Waals surface area contributed by atoms with E-state index >= 15 is 0 Å². The van der Waals surface area contributed by atoms with Crippen molar-refractivity contribution in [3.05, 3.63) is 127 Å². The van der Waals surface area contributed by atoms with Gasteiger partial charge in [-0.15, -0.1) is 0 Å². The third-order valence-corrected chi connectivity index (χ3v) is 11.4. The number of aryl methyl sites for hydroxylation is 2. The van der Waals surface area contributed by atoms with Crippen LogP contribution in [0, 0.1) is 13.8 Å². The zero-order chi connectivity index (χ0) is 44.6. The third kappa shape index (κ3) is 10.4. The average Bonchev–Trinajstić information content (AvgIpc) is 3.14. The number of hydrogen-bond donors (Lipinski definition) is 0. The van der Waals surface area contributed by atoms with Gasteiger partial charge in [-0.1, -0.05) is 123 Å². The molecular formula is C49H59ClF6N4. The number of amidine groups is 2. The van der Waals surface area contributed by atoms with Crippen LogP contribution in [0.4, 0.5) is 37.7 Å². The van der Waals surface area contributed by atoms with Crippen molar-refractivity contribution in [1.82, 2.24) is 9.80 Å².